The summed E-state index contributed by atoms with van der Waals surface area (Å²) in [5.74, 6) is -0.479. The molecule has 1 aliphatic rings. The average Bonchev–Trinajstić information content (AvgIpc) is 2.60. The van der Waals surface area contributed by atoms with Crippen molar-refractivity contribution < 1.29 is 14.3 Å². The van der Waals surface area contributed by atoms with Gasteiger partial charge in [-0.15, -0.1) is 0 Å². The molecule has 1 saturated heterocycles. The van der Waals surface area contributed by atoms with Gasteiger partial charge in [-0.2, -0.15) is 0 Å². The highest BCUT2D eigenvalue weighted by Gasteiger charge is 2.34. The lowest BCUT2D eigenvalue weighted by molar-refractivity contribution is -0.118. The number of aliphatic hydroxyl groups is 1. The van der Waals surface area contributed by atoms with Gasteiger partial charge in [-0.25, -0.2) is 4.39 Å². The second-order valence-corrected chi connectivity index (χ2v) is 6.10. The monoisotopic (exact) mass is 329 g/mol. The number of anilines is 1. The quantitative estimate of drug-likeness (QED) is 0.902. The van der Waals surface area contributed by atoms with Crippen molar-refractivity contribution in [2.45, 2.75) is 18.4 Å². The van der Waals surface area contributed by atoms with Crippen molar-refractivity contribution in [3.8, 4) is 0 Å². The Morgan fingerprint density at radius 2 is 1.96 bits per heavy atom. The van der Waals surface area contributed by atoms with Gasteiger partial charge in [0.05, 0.1) is 12.1 Å². The van der Waals surface area contributed by atoms with E-state index < -0.39 is 5.60 Å². The van der Waals surface area contributed by atoms with Gasteiger partial charge in [0.2, 0.25) is 5.91 Å². The Labute approximate surface area is 140 Å². The summed E-state index contributed by atoms with van der Waals surface area (Å²) in [5.41, 5.74) is 0.517. The summed E-state index contributed by atoms with van der Waals surface area (Å²) in [7, 11) is 0. The predicted molar refractivity (Wildman–Crippen MR) is 88.8 cm³/mol. The van der Waals surface area contributed by atoms with Crippen molar-refractivity contribution in [3.63, 3.8) is 0 Å². The number of nitrogens with zero attached hydrogens (tertiary/aromatic N) is 2. The zero-order chi connectivity index (χ0) is 17.0. The summed E-state index contributed by atoms with van der Waals surface area (Å²) in [4.78, 5) is 18.1. The van der Waals surface area contributed by atoms with Crippen LogP contribution in [0.15, 0.2) is 48.8 Å². The second-order valence-electron chi connectivity index (χ2n) is 6.10. The maximum Gasteiger partial charge on any atom is 0.238 e. The SMILES string of the molecule is O=C(CN1CCC(O)(c2cccnc2)CC1)Nc1ccc(F)cc1. The molecule has 1 aromatic heterocycles. The number of amides is 1. The topological polar surface area (TPSA) is 65.5 Å². The molecule has 5 nitrogen and oxygen atoms in total. The van der Waals surface area contributed by atoms with Crippen LogP contribution >= 0.6 is 0 Å². The number of halogens is 1. The molecule has 0 unspecified atom stereocenters. The van der Waals surface area contributed by atoms with Crippen molar-refractivity contribution in [1.82, 2.24) is 9.88 Å². The highest BCUT2D eigenvalue weighted by Crippen LogP contribution is 2.32. The van der Waals surface area contributed by atoms with E-state index in [9.17, 15) is 14.3 Å². The van der Waals surface area contributed by atoms with Crippen LogP contribution in [-0.4, -0.2) is 40.5 Å². The first-order valence-corrected chi connectivity index (χ1v) is 7.96. The van der Waals surface area contributed by atoms with Gasteiger partial charge in [-0.3, -0.25) is 14.7 Å². The maximum absolute atomic E-state index is 12.9. The second kappa shape index (κ2) is 7.07. The molecule has 0 bridgehead atoms. The number of likely N-dealkylation sites (tertiary alicyclic amines) is 1. The van der Waals surface area contributed by atoms with Gasteiger partial charge in [-0.1, -0.05) is 6.07 Å². The molecule has 24 heavy (non-hydrogen) atoms. The van der Waals surface area contributed by atoms with E-state index in [2.05, 4.69) is 10.3 Å². The van der Waals surface area contributed by atoms with Crippen molar-refractivity contribution >= 4 is 11.6 Å². The smallest absolute Gasteiger partial charge is 0.238 e. The number of rotatable bonds is 4. The van der Waals surface area contributed by atoms with Gasteiger partial charge in [0.25, 0.3) is 0 Å². The van der Waals surface area contributed by atoms with Crippen LogP contribution in [0.2, 0.25) is 0 Å². The largest absolute Gasteiger partial charge is 0.385 e. The molecule has 1 fully saturated rings. The van der Waals surface area contributed by atoms with E-state index in [4.69, 9.17) is 0 Å². The van der Waals surface area contributed by atoms with Gasteiger partial charge < -0.3 is 10.4 Å². The lowest BCUT2D eigenvalue weighted by Crippen LogP contribution is -2.45. The first-order valence-electron chi connectivity index (χ1n) is 7.96. The van der Waals surface area contributed by atoms with Crippen LogP contribution in [0.5, 0.6) is 0 Å². The van der Waals surface area contributed by atoms with Crippen LogP contribution in [0.4, 0.5) is 10.1 Å². The van der Waals surface area contributed by atoms with Crippen molar-refractivity contribution in [3.05, 3.63) is 60.2 Å². The van der Waals surface area contributed by atoms with Crippen molar-refractivity contribution in [1.29, 1.82) is 0 Å². The van der Waals surface area contributed by atoms with E-state index in [0.29, 0.717) is 31.6 Å². The third kappa shape index (κ3) is 3.96. The van der Waals surface area contributed by atoms with Crippen LogP contribution in [-0.2, 0) is 10.4 Å². The van der Waals surface area contributed by atoms with Crippen LogP contribution in [0, 0.1) is 5.82 Å². The lowest BCUT2D eigenvalue weighted by atomic mass is 9.85. The number of piperidine rings is 1. The van der Waals surface area contributed by atoms with E-state index >= 15 is 0 Å². The Balaban J connectivity index is 1.52. The Bertz CT molecular complexity index is 683. The van der Waals surface area contributed by atoms with Gasteiger partial charge in [0, 0.05) is 36.7 Å². The molecule has 6 heteroatoms. The number of nitrogens with one attached hydrogen (secondary N) is 1. The molecule has 0 saturated carbocycles. The molecule has 0 spiro atoms. The fraction of sp³-hybridized carbons (Fsp3) is 0.333. The molecule has 2 heterocycles. The Morgan fingerprint density at radius 1 is 1.25 bits per heavy atom. The number of carbonyl (C=O) groups excluding carboxylic acids is 1. The third-order valence-corrected chi connectivity index (χ3v) is 4.38. The molecule has 1 amide bonds. The molecular weight excluding hydrogens is 309 g/mol. The zero-order valence-corrected chi connectivity index (χ0v) is 13.3. The summed E-state index contributed by atoms with van der Waals surface area (Å²) in [6.07, 6.45) is 4.49. The zero-order valence-electron chi connectivity index (χ0n) is 13.3. The standard InChI is InChI=1S/C18H20FN3O2/c19-15-3-5-16(6-4-15)21-17(23)13-22-10-7-18(24,8-11-22)14-2-1-9-20-12-14/h1-6,9,12,24H,7-8,10-11,13H2,(H,21,23). The first-order chi connectivity index (χ1) is 11.5. The van der Waals surface area contributed by atoms with Gasteiger partial charge in [-0.05, 0) is 43.2 Å². The molecule has 0 aliphatic carbocycles. The molecule has 0 radical (unpaired) electrons. The number of aromatic nitrogens is 1. The highest BCUT2D eigenvalue weighted by molar-refractivity contribution is 5.92. The Morgan fingerprint density at radius 3 is 2.58 bits per heavy atom. The molecule has 1 aliphatic heterocycles. The molecule has 2 aromatic rings. The minimum atomic E-state index is -0.877. The van der Waals surface area contributed by atoms with Crippen LogP contribution < -0.4 is 5.32 Å². The fourth-order valence-electron chi connectivity index (χ4n) is 2.94. The summed E-state index contributed by atoms with van der Waals surface area (Å²) in [6, 6.07) is 9.38. The minimum Gasteiger partial charge on any atom is -0.385 e. The van der Waals surface area contributed by atoms with E-state index in [-0.39, 0.29) is 18.3 Å². The number of carbonyl (C=O) groups is 1. The summed E-state index contributed by atoms with van der Waals surface area (Å²) < 4.78 is 12.9. The normalized spacial score (nSPS) is 17.4. The average molecular weight is 329 g/mol. The predicted octanol–water partition coefficient (Wildman–Crippen LogP) is 2.14. The Kier molecular flexibility index (Phi) is 4.87. The summed E-state index contributed by atoms with van der Waals surface area (Å²) in [5, 5.41) is 13.5. The Hall–Kier alpha value is -2.31. The highest BCUT2D eigenvalue weighted by atomic mass is 19.1. The van der Waals surface area contributed by atoms with Gasteiger partial charge >= 0.3 is 0 Å². The fourth-order valence-corrected chi connectivity index (χ4v) is 2.94. The molecule has 2 N–H and O–H groups in total. The summed E-state index contributed by atoms with van der Waals surface area (Å²) >= 11 is 0. The van der Waals surface area contributed by atoms with Crippen LogP contribution in [0.3, 0.4) is 0 Å². The van der Waals surface area contributed by atoms with Crippen LogP contribution in [0.1, 0.15) is 18.4 Å². The van der Waals surface area contributed by atoms with E-state index in [1.807, 2.05) is 17.0 Å². The molecule has 1 aromatic carbocycles. The first kappa shape index (κ1) is 16.5. The van der Waals surface area contributed by atoms with Crippen molar-refractivity contribution in [2.75, 3.05) is 25.0 Å². The molecule has 0 atom stereocenters. The van der Waals surface area contributed by atoms with Gasteiger partial charge in [0.15, 0.2) is 0 Å². The number of pyridine rings is 1. The number of benzene rings is 1. The third-order valence-electron chi connectivity index (χ3n) is 4.38. The molecule has 126 valence electrons. The van der Waals surface area contributed by atoms with E-state index in [1.165, 1.54) is 24.3 Å². The van der Waals surface area contributed by atoms with Gasteiger partial charge in [0.1, 0.15) is 5.82 Å². The number of hydrogen-bond acceptors (Lipinski definition) is 4. The number of hydrogen-bond donors (Lipinski definition) is 2. The maximum atomic E-state index is 12.9. The van der Waals surface area contributed by atoms with Crippen LogP contribution in [0.25, 0.3) is 0 Å². The van der Waals surface area contributed by atoms with E-state index in [0.717, 1.165) is 5.56 Å². The summed E-state index contributed by atoms with van der Waals surface area (Å²) in [6.45, 7) is 1.50. The minimum absolute atomic E-state index is 0.145. The van der Waals surface area contributed by atoms with Crippen molar-refractivity contribution in [2.24, 2.45) is 0 Å². The lowest BCUT2D eigenvalue weighted by Gasteiger charge is -2.38. The molecule has 3 rings (SSSR count). The van der Waals surface area contributed by atoms with E-state index in [1.54, 1.807) is 12.4 Å². The molecular formula is C18H20FN3O2.